The number of benzene rings is 1. The summed E-state index contributed by atoms with van der Waals surface area (Å²) in [6, 6.07) is 8.44. The number of likely N-dealkylation sites (tertiary alicyclic amines) is 1. The minimum atomic E-state index is -1.23. The van der Waals surface area contributed by atoms with Crippen molar-refractivity contribution in [2.75, 3.05) is 13.1 Å². The van der Waals surface area contributed by atoms with Crippen LogP contribution in [0.2, 0.25) is 0 Å². The van der Waals surface area contributed by atoms with Crippen LogP contribution < -0.4 is 0 Å². The normalized spacial score (nSPS) is 32.0. The highest BCUT2D eigenvalue weighted by molar-refractivity contribution is 5.82. The molecular formula is C28H37NO5. The van der Waals surface area contributed by atoms with E-state index in [9.17, 15) is 24.6 Å². The van der Waals surface area contributed by atoms with E-state index in [-0.39, 0.29) is 30.1 Å². The van der Waals surface area contributed by atoms with Crippen molar-refractivity contribution < 1.29 is 24.6 Å². The van der Waals surface area contributed by atoms with Gasteiger partial charge in [-0.05, 0) is 62.5 Å². The third-order valence-corrected chi connectivity index (χ3v) is 8.67. The highest BCUT2D eigenvalue weighted by Crippen LogP contribution is 2.52. The Morgan fingerprint density at radius 3 is 2.29 bits per heavy atom. The molecule has 2 fully saturated rings. The number of amides is 1. The molecule has 4 atom stereocenters. The quantitative estimate of drug-likeness (QED) is 0.581. The molecule has 1 aliphatic heterocycles. The molecule has 184 valence electrons. The first-order valence-corrected chi connectivity index (χ1v) is 12.7. The molecule has 0 aromatic heterocycles. The molecule has 1 saturated heterocycles. The van der Waals surface area contributed by atoms with E-state index in [1.54, 1.807) is 19.1 Å². The van der Waals surface area contributed by atoms with Crippen molar-refractivity contribution in [3.63, 3.8) is 0 Å². The molecule has 34 heavy (non-hydrogen) atoms. The van der Waals surface area contributed by atoms with Gasteiger partial charge in [0.15, 0.2) is 0 Å². The first-order chi connectivity index (χ1) is 16.2. The summed E-state index contributed by atoms with van der Waals surface area (Å²) in [7, 11) is 0. The van der Waals surface area contributed by atoms with Gasteiger partial charge in [-0.2, -0.15) is 0 Å². The second-order valence-electron chi connectivity index (χ2n) is 10.9. The van der Waals surface area contributed by atoms with Crippen LogP contribution in [0.5, 0.6) is 0 Å². The second kappa shape index (κ2) is 9.55. The van der Waals surface area contributed by atoms with E-state index >= 15 is 0 Å². The van der Waals surface area contributed by atoms with Crippen LogP contribution in [0.15, 0.2) is 36.4 Å². The molecule has 2 aliphatic carbocycles. The summed E-state index contributed by atoms with van der Waals surface area (Å²) in [5, 5.41) is 20.4. The van der Waals surface area contributed by atoms with Crippen molar-refractivity contribution in [1.82, 2.24) is 4.90 Å². The monoisotopic (exact) mass is 467 g/mol. The van der Waals surface area contributed by atoms with Crippen molar-refractivity contribution in [2.45, 2.75) is 71.1 Å². The lowest BCUT2D eigenvalue weighted by molar-refractivity contribution is -0.163. The first kappa shape index (κ1) is 24.5. The van der Waals surface area contributed by atoms with Gasteiger partial charge < -0.3 is 15.1 Å². The van der Waals surface area contributed by atoms with Crippen LogP contribution >= 0.6 is 0 Å². The smallest absolute Gasteiger partial charge is 0.313 e. The summed E-state index contributed by atoms with van der Waals surface area (Å²) < 4.78 is 0. The number of carboxylic acid groups (broad SMARTS) is 2. The Morgan fingerprint density at radius 2 is 1.71 bits per heavy atom. The van der Waals surface area contributed by atoms with Crippen LogP contribution in [0.1, 0.15) is 75.8 Å². The summed E-state index contributed by atoms with van der Waals surface area (Å²) in [5.41, 5.74) is -0.0734. The molecule has 0 spiro atoms. The number of aliphatic carboxylic acids is 2. The molecule has 1 saturated carbocycles. The topological polar surface area (TPSA) is 94.9 Å². The lowest BCUT2D eigenvalue weighted by Gasteiger charge is -2.49. The van der Waals surface area contributed by atoms with Crippen molar-refractivity contribution in [3.8, 4) is 0 Å². The van der Waals surface area contributed by atoms with Crippen molar-refractivity contribution in [1.29, 1.82) is 0 Å². The fraction of sp³-hybridized carbons (Fsp3) is 0.607. The van der Waals surface area contributed by atoms with Gasteiger partial charge in [0.1, 0.15) is 0 Å². The molecular weight excluding hydrogens is 430 g/mol. The summed E-state index contributed by atoms with van der Waals surface area (Å²) in [6.07, 6.45) is 9.22. The zero-order valence-electron chi connectivity index (χ0n) is 20.3. The third-order valence-electron chi connectivity index (χ3n) is 8.67. The van der Waals surface area contributed by atoms with Crippen LogP contribution in [0.4, 0.5) is 0 Å². The van der Waals surface area contributed by atoms with Gasteiger partial charge in [-0.25, -0.2) is 0 Å². The van der Waals surface area contributed by atoms with E-state index in [1.807, 2.05) is 4.90 Å². The van der Waals surface area contributed by atoms with E-state index in [2.05, 4.69) is 31.2 Å². The SMILES string of the molecule is CCc1ccc(C2CC(C3(C(=O)O)CC=CC(C)(C(=O)O)C3)CN(C(=O)C3CCCC3)C2)cc1. The summed E-state index contributed by atoms with van der Waals surface area (Å²) in [5.74, 6) is -2.07. The molecule has 2 N–H and O–H groups in total. The molecule has 4 unspecified atom stereocenters. The van der Waals surface area contributed by atoms with E-state index in [0.717, 1.165) is 37.7 Å². The van der Waals surface area contributed by atoms with Gasteiger partial charge in [0.25, 0.3) is 0 Å². The van der Waals surface area contributed by atoms with Crippen molar-refractivity contribution in [2.24, 2.45) is 22.7 Å². The molecule has 0 bridgehead atoms. The molecule has 4 rings (SSSR count). The van der Waals surface area contributed by atoms with Gasteiger partial charge in [-0.3, -0.25) is 14.4 Å². The van der Waals surface area contributed by atoms with E-state index in [0.29, 0.717) is 25.9 Å². The molecule has 1 aromatic carbocycles. The van der Waals surface area contributed by atoms with Gasteiger partial charge in [0, 0.05) is 24.9 Å². The predicted octanol–water partition coefficient (Wildman–Crippen LogP) is 4.88. The van der Waals surface area contributed by atoms with Crippen LogP contribution in [0.3, 0.4) is 0 Å². The number of rotatable bonds is 6. The molecule has 6 nitrogen and oxygen atoms in total. The summed E-state index contributed by atoms with van der Waals surface area (Å²) in [4.78, 5) is 40.3. The minimum absolute atomic E-state index is 0.0261. The van der Waals surface area contributed by atoms with Crippen LogP contribution in [0, 0.1) is 22.7 Å². The first-order valence-electron chi connectivity index (χ1n) is 12.7. The number of nitrogens with zero attached hydrogens (tertiary/aromatic N) is 1. The molecule has 1 aromatic rings. The van der Waals surface area contributed by atoms with Gasteiger partial charge in [0.05, 0.1) is 10.8 Å². The molecule has 6 heteroatoms. The lowest BCUT2D eigenvalue weighted by atomic mass is 9.58. The second-order valence-corrected chi connectivity index (χ2v) is 10.9. The summed E-state index contributed by atoms with van der Waals surface area (Å²) >= 11 is 0. The van der Waals surface area contributed by atoms with E-state index < -0.39 is 22.8 Å². The number of carbonyl (C=O) groups excluding carboxylic acids is 1. The lowest BCUT2D eigenvalue weighted by Crippen LogP contribution is -2.54. The number of piperidine rings is 1. The Morgan fingerprint density at radius 1 is 1.03 bits per heavy atom. The number of hydrogen-bond acceptors (Lipinski definition) is 3. The Labute approximate surface area is 202 Å². The van der Waals surface area contributed by atoms with Gasteiger partial charge in [0.2, 0.25) is 5.91 Å². The Balaban J connectivity index is 1.69. The Hall–Kier alpha value is -2.63. The zero-order valence-corrected chi connectivity index (χ0v) is 20.3. The fourth-order valence-electron chi connectivity index (χ4n) is 6.49. The van der Waals surface area contributed by atoms with Crippen LogP contribution in [0.25, 0.3) is 0 Å². The number of carboxylic acids is 2. The summed E-state index contributed by atoms with van der Waals surface area (Å²) in [6.45, 7) is 4.70. The fourth-order valence-corrected chi connectivity index (χ4v) is 6.49. The Kier molecular flexibility index (Phi) is 6.88. The minimum Gasteiger partial charge on any atom is -0.481 e. The molecule has 3 aliphatic rings. The maximum absolute atomic E-state index is 13.5. The van der Waals surface area contributed by atoms with E-state index in [4.69, 9.17) is 0 Å². The standard InChI is InChI=1S/C28H37NO5/c1-3-19-9-11-20(12-10-19)22-15-23(17-29(16-22)24(30)21-7-4-5-8-21)28(26(33)34)14-6-13-27(2,18-28)25(31)32/h6,9-13,21-23H,3-5,7-8,14-18H2,1-2H3,(H,31,32)(H,33,34). The average molecular weight is 468 g/mol. The highest BCUT2D eigenvalue weighted by atomic mass is 16.4. The maximum Gasteiger partial charge on any atom is 0.313 e. The largest absolute Gasteiger partial charge is 0.481 e. The Bertz CT molecular complexity index is 964. The molecule has 1 amide bonds. The predicted molar refractivity (Wildman–Crippen MR) is 129 cm³/mol. The number of aryl methyl sites for hydroxylation is 1. The maximum atomic E-state index is 13.5. The molecule has 1 heterocycles. The van der Waals surface area contributed by atoms with Gasteiger partial charge >= 0.3 is 11.9 Å². The van der Waals surface area contributed by atoms with Crippen LogP contribution in [-0.4, -0.2) is 46.0 Å². The van der Waals surface area contributed by atoms with Gasteiger partial charge in [-0.15, -0.1) is 0 Å². The number of allylic oxidation sites excluding steroid dienone is 1. The zero-order chi connectivity index (χ0) is 24.5. The van der Waals surface area contributed by atoms with Crippen molar-refractivity contribution >= 4 is 17.8 Å². The number of carbonyl (C=O) groups is 3. The van der Waals surface area contributed by atoms with E-state index in [1.165, 1.54) is 5.56 Å². The highest BCUT2D eigenvalue weighted by Gasteiger charge is 2.55. The van der Waals surface area contributed by atoms with Crippen LogP contribution in [-0.2, 0) is 20.8 Å². The van der Waals surface area contributed by atoms with Crippen molar-refractivity contribution in [3.05, 3.63) is 47.5 Å². The third kappa shape index (κ3) is 4.51. The van der Waals surface area contributed by atoms with Gasteiger partial charge in [-0.1, -0.05) is 56.2 Å². The molecule has 0 radical (unpaired) electrons. The average Bonchev–Trinajstić information content (AvgIpc) is 3.38. The number of hydrogen-bond donors (Lipinski definition) is 2.